The van der Waals surface area contributed by atoms with Crippen molar-refractivity contribution in [2.24, 2.45) is 21.0 Å². The Balaban J connectivity index is 1.72. The fourth-order valence-corrected chi connectivity index (χ4v) is 3.24. The number of benzene rings is 1. The maximum atomic E-state index is 12.0. The average molecular weight is 371 g/mol. The smallest absolute Gasteiger partial charge is 0.264 e. The highest BCUT2D eigenvalue weighted by Gasteiger charge is 2.35. The summed E-state index contributed by atoms with van der Waals surface area (Å²) < 4.78 is 0. The number of aliphatic imine (C=N–C) groups is 2. The number of fused-ring (bicyclic) bond motifs is 1. The zero-order valence-electron chi connectivity index (χ0n) is 11.8. The molecule has 6 nitrogen and oxygen atoms in total. The molecule has 0 aliphatic carbocycles. The van der Waals surface area contributed by atoms with Crippen LogP contribution in [-0.2, 0) is 10.5 Å². The predicted octanol–water partition coefficient (Wildman–Crippen LogP) is 2.43. The third-order valence-corrected chi connectivity index (χ3v) is 4.90. The van der Waals surface area contributed by atoms with Crippen molar-refractivity contribution in [1.29, 1.82) is 0 Å². The van der Waals surface area contributed by atoms with Gasteiger partial charge >= 0.3 is 0 Å². The van der Waals surface area contributed by atoms with E-state index < -0.39 is 5.92 Å². The standard InChI is InChI=1S/C14H12Cl2N4O2S/c15-10-2-1-8(5-11(10)16)7-23-14-18-12-9(13(22)19-14)6-17-20(12)3-4-21/h1-2,5-6,9,21H,3-4,7H2. The second-order valence-corrected chi connectivity index (χ2v) is 6.59. The summed E-state index contributed by atoms with van der Waals surface area (Å²) in [6, 6.07) is 5.36. The molecule has 9 heteroatoms. The summed E-state index contributed by atoms with van der Waals surface area (Å²) in [5.74, 6) is 0.230. The van der Waals surface area contributed by atoms with Gasteiger partial charge in [0.25, 0.3) is 5.91 Å². The number of carbonyl (C=O) groups is 1. The first-order valence-electron chi connectivity index (χ1n) is 6.79. The molecule has 1 amide bonds. The number of nitrogens with zero attached hydrogens (tertiary/aromatic N) is 4. The Labute approximate surface area is 146 Å². The molecule has 1 N–H and O–H groups in total. The van der Waals surface area contributed by atoms with E-state index in [-0.39, 0.29) is 12.5 Å². The Hall–Kier alpha value is -1.41. The van der Waals surface area contributed by atoms with Crippen LogP contribution in [0.5, 0.6) is 0 Å². The minimum atomic E-state index is -0.545. The van der Waals surface area contributed by atoms with E-state index >= 15 is 0 Å². The molecule has 0 radical (unpaired) electrons. The maximum Gasteiger partial charge on any atom is 0.264 e. The largest absolute Gasteiger partial charge is 0.394 e. The van der Waals surface area contributed by atoms with Crippen LogP contribution in [0.3, 0.4) is 0 Å². The number of hydrazone groups is 1. The van der Waals surface area contributed by atoms with E-state index in [1.54, 1.807) is 12.1 Å². The minimum absolute atomic E-state index is 0.0693. The number of amidine groups is 2. The number of aliphatic hydroxyl groups is 1. The van der Waals surface area contributed by atoms with Crippen molar-refractivity contribution in [3.63, 3.8) is 0 Å². The summed E-state index contributed by atoms with van der Waals surface area (Å²) in [7, 11) is 0. The second kappa shape index (κ2) is 7.00. The van der Waals surface area contributed by atoms with Gasteiger partial charge in [-0.25, -0.2) is 10.0 Å². The number of rotatable bonds is 4. The van der Waals surface area contributed by atoms with Gasteiger partial charge in [0.2, 0.25) is 0 Å². The Morgan fingerprint density at radius 2 is 2.09 bits per heavy atom. The van der Waals surface area contributed by atoms with Gasteiger partial charge < -0.3 is 5.11 Å². The van der Waals surface area contributed by atoms with Crippen LogP contribution in [0.1, 0.15) is 5.56 Å². The number of aliphatic hydroxyl groups excluding tert-OH is 1. The Morgan fingerprint density at radius 1 is 1.26 bits per heavy atom. The molecule has 0 saturated carbocycles. The zero-order chi connectivity index (χ0) is 16.4. The van der Waals surface area contributed by atoms with Crippen LogP contribution >= 0.6 is 35.0 Å². The fourth-order valence-electron chi connectivity index (χ4n) is 2.13. The molecular formula is C14H12Cl2N4O2S. The quantitative estimate of drug-likeness (QED) is 0.882. The highest BCUT2D eigenvalue weighted by molar-refractivity contribution is 8.13. The van der Waals surface area contributed by atoms with Crippen LogP contribution in [0, 0.1) is 5.92 Å². The molecule has 1 aromatic carbocycles. The van der Waals surface area contributed by atoms with E-state index in [0.717, 1.165) is 5.56 Å². The highest BCUT2D eigenvalue weighted by Crippen LogP contribution is 2.27. The Bertz CT molecular complexity index is 735. The van der Waals surface area contributed by atoms with Crippen LogP contribution in [0.15, 0.2) is 33.3 Å². The van der Waals surface area contributed by atoms with Crippen molar-refractivity contribution in [1.82, 2.24) is 5.01 Å². The summed E-state index contributed by atoms with van der Waals surface area (Å²) in [4.78, 5) is 20.4. The van der Waals surface area contributed by atoms with Gasteiger partial charge in [0.15, 0.2) is 5.17 Å². The van der Waals surface area contributed by atoms with E-state index in [2.05, 4.69) is 15.1 Å². The maximum absolute atomic E-state index is 12.0. The lowest BCUT2D eigenvalue weighted by atomic mass is 10.1. The normalized spacial score (nSPS) is 19.7. The van der Waals surface area contributed by atoms with Crippen molar-refractivity contribution >= 4 is 58.1 Å². The van der Waals surface area contributed by atoms with Crippen molar-refractivity contribution in [3.05, 3.63) is 33.8 Å². The van der Waals surface area contributed by atoms with Crippen LogP contribution < -0.4 is 0 Å². The van der Waals surface area contributed by atoms with Crippen LogP contribution in [0.25, 0.3) is 0 Å². The van der Waals surface area contributed by atoms with Crippen molar-refractivity contribution in [3.8, 4) is 0 Å². The van der Waals surface area contributed by atoms with E-state index in [1.807, 2.05) is 6.07 Å². The van der Waals surface area contributed by atoms with Gasteiger partial charge in [-0.2, -0.15) is 10.1 Å². The first-order chi connectivity index (χ1) is 11.1. The van der Waals surface area contributed by atoms with E-state index in [0.29, 0.717) is 33.3 Å². The number of carbonyl (C=O) groups excluding carboxylic acids is 1. The van der Waals surface area contributed by atoms with Crippen molar-refractivity contribution < 1.29 is 9.90 Å². The minimum Gasteiger partial charge on any atom is -0.394 e. The third-order valence-electron chi connectivity index (χ3n) is 3.24. The first kappa shape index (κ1) is 16.4. The van der Waals surface area contributed by atoms with Crippen molar-refractivity contribution in [2.45, 2.75) is 5.75 Å². The molecule has 2 aliphatic rings. The molecular weight excluding hydrogens is 359 g/mol. The molecule has 1 atom stereocenters. The van der Waals surface area contributed by atoms with Crippen LogP contribution in [0.2, 0.25) is 10.0 Å². The van der Waals surface area contributed by atoms with Gasteiger partial charge in [-0.15, -0.1) is 0 Å². The number of hydrogen-bond donors (Lipinski definition) is 1. The molecule has 2 heterocycles. The number of hydrogen-bond acceptors (Lipinski definition) is 6. The summed E-state index contributed by atoms with van der Waals surface area (Å²) in [5.41, 5.74) is 0.955. The number of β-amino-alcohol motifs (C(OH)–C–C–N with tert-alkyl or cyclic N) is 1. The SMILES string of the molecule is O=C1N=C(SCc2ccc(Cl)c(Cl)c2)N=C2C1C=NN2CCO. The molecule has 0 fully saturated rings. The molecule has 0 aromatic heterocycles. The average Bonchev–Trinajstić information content (AvgIpc) is 2.93. The lowest BCUT2D eigenvalue weighted by Crippen LogP contribution is -2.35. The van der Waals surface area contributed by atoms with Crippen LogP contribution in [0.4, 0.5) is 0 Å². The van der Waals surface area contributed by atoms with Gasteiger partial charge in [-0.05, 0) is 17.7 Å². The van der Waals surface area contributed by atoms with Crippen molar-refractivity contribution in [2.75, 3.05) is 13.2 Å². The molecule has 0 bridgehead atoms. The molecule has 2 aliphatic heterocycles. The lowest BCUT2D eigenvalue weighted by molar-refractivity contribution is -0.118. The first-order valence-corrected chi connectivity index (χ1v) is 8.53. The van der Waals surface area contributed by atoms with E-state index in [1.165, 1.54) is 23.0 Å². The monoisotopic (exact) mass is 370 g/mol. The zero-order valence-corrected chi connectivity index (χ0v) is 14.1. The highest BCUT2D eigenvalue weighted by atomic mass is 35.5. The molecule has 3 rings (SSSR count). The fraction of sp³-hybridized carbons (Fsp3) is 0.286. The number of thioether (sulfide) groups is 1. The van der Waals surface area contributed by atoms with Gasteiger partial charge in [-0.3, -0.25) is 4.79 Å². The molecule has 0 saturated heterocycles. The van der Waals surface area contributed by atoms with Gasteiger partial charge in [-0.1, -0.05) is 41.0 Å². The predicted molar refractivity (Wildman–Crippen MR) is 93.4 cm³/mol. The summed E-state index contributed by atoms with van der Waals surface area (Å²) in [6.07, 6.45) is 1.50. The molecule has 120 valence electrons. The molecule has 0 spiro atoms. The van der Waals surface area contributed by atoms with E-state index in [9.17, 15) is 4.79 Å². The summed E-state index contributed by atoms with van der Waals surface area (Å²) >= 11 is 13.2. The second-order valence-electron chi connectivity index (χ2n) is 4.83. The van der Waals surface area contributed by atoms with Gasteiger partial charge in [0.05, 0.1) is 23.2 Å². The van der Waals surface area contributed by atoms with Gasteiger partial charge in [0, 0.05) is 12.0 Å². The van der Waals surface area contributed by atoms with Gasteiger partial charge in [0.1, 0.15) is 11.8 Å². The Morgan fingerprint density at radius 3 is 2.83 bits per heavy atom. The topological polar surface area (TPSA) is 77.6 Å². The third kappa shape index (κ3) is 3.58. The Kier molecular flexibility index (Phi) is 5.01. The summed E-state index contributed by atoms with van der Waals surface area (Å²) in [6.45, 7) is 0.226. The van der Waals surface area contributed by atoms with E-state index in [4.69, 9.17) is 28.3 Å². The number of amides is 1. The molecule has 1 aromatic rings. The molecule has 1 unspecified atom stereocenters. The summed E-state index contributed by atoms with van der Waals surface area (Å²) in [5, 5.41) is 16.0. The lowest BCUT2D eigenvalue weighted by Gasteiger charge is -2.19. The van der Waals surface area contributed by atoms with Crippen LogP contribution in [-0.4, -0.2) is 46.4 Å². The molecule has 23 heavy (non-hydrogen) atoms. The number of halogens is 2.